The third-order valence-corrected chi connectivity index (χ3v) is 22.5. The van der Waals surface area contributed by atoms with Crippen molar-refractivity contribution in [2.45, 2.75) is 0 Å². The topological polar surface area (TPSA) is 0 Å². The summed E-state index contributed by atoms with van der Waals surface area (Å²) in [7, 11) is 0. The summed E-state index contributed by atoms with van der Waals surface area (Å²) < 4.78 is 5.95. The number of benzene rings is 4. The van der Waals surface area contributed by atoms with Gasteiger partial charge >= 0.3 is 183 Å². The Balaban J connectivity index is 2.09. The average molecular weight is 499 g/mol. The van der Waals surface area contributed by atoms with Gasteiger partial charge in [0, 0.05) is 0 Å². The third-order valence-electron chi connectivity index (χ3n) is 5.31. The zero-order valence-electron chi connectivity index (χ0n) is 16.5. The molecule has 0 spiro atoms. The van der Waals surface area contributed by atoms with Crippen molar-refractivity contribution in [1.29, 1.82) is 0 Å². The van der Waals surface area contributed by atoms with Crippen LogP contribution < -0.4 is 10.7 Å². The molecule has 0 radical (unpaired) electrons. The second kappa shape index (κ2) is 9.51. The molecule has 4 aromatic carbocycles. The Morgan fingerprint density at radius 2 is 0.897 bits per heavy atom. The summed E-state index contributed by atoms with van der Waals surface area (Å²) in [6.45, 7) is 0. The van der Waals surface area contributed by atoms with E-state index in [4.69, 9.17) is 0 Å². The van der Waals surface area contributed by atoms with Crippen LogP contribution >= 0.6 is 11.8 Å². The predicted molar refractivity (Wildman–Crippen MR) is 132 cm³/mol. The molecule has 0 N–H and O–H groups in total. The Morgan fingerprint density at radius 1 is 0.552 bits per heavy atom. The van der Waals surface area contributed by atoms with Gasteiger partial charge in [0.1, 0.15) is 0 Å². The predicted octanol–water partition coefficient (Wildman–Crippen LogP) is 5.10. The van der Waals surface area contributed by atoms with Crippen LogP contribution in [-0.2, 0) is 0 Å². The van der Waals surface area contributed by atoms with E-state index in [2.05, 4.69) is 134 Å². The molecule has 0 saturated carbocycles. The van der Waals surface area contributed by atoms with Gasteiger partial charge in [-0.25, -0.2) is 0 Å². The quantitative estimate of drug-likeness (QED) is 0.333. The van der Waals surface area contributed by atoms with Crippen LogP contribution in [0.2, 0.25) is 0 Å². The minimum absolute atomic E-state index is 1.26. The van der Waals surface area contributed by atoms with Gasteiger partial charge in [-0.1, -0.05) is 0 Å². The van der Waals surface area contributed by atoms with Crippen molar-refractivity contribution < 1.29 is 0 Å². The molecule has 0 amide bonds. The van der Waals surface area contributed by atoms with Gasteiger partial charge in [-0.15, -0.1) is 0 Å². The van der Waals surface area contributed by atoms with E-state index in [0.29, 0.717) is 0 Å². The summed E-state index contributed by atoms with van der Waals surface area (Å²) in [5, 5.41) is 0. The van der Waals surface area contributed by atoms with E-state index in [1.807, 2.05) is 11.8 Å². The molecule has 0 aliphatic carbocycles. The molecule has 0 unspecified atom stereocenters. The van der Waals surface area contributed by atoms with Crippen LogP contribution in [0.5, 0.6) is 0 Å². The molecule has 0 aromatic heterocycles. The molecule has 4 aromatic rings. The number of thioether (sulfide) groups is 1. The van der Waals surface area contributed by atoms with Crippen molar-refractivity contribution in [3.63, 3.8) is 0 Å². The van der Waals surface area contributed by atoms with Gasteiger partial charge in [-0.05, 0) is 0 Å². The van der Waals surface area contributed by atoms with Gasteiger partial charge in [0.05, 0.1) is 0 Å². The molecule has 142 valence electrons. The van der Waals surface area contributed by atoms with Crippen LogP contribution in [0.15, 0.2) is 124 Å². The van der Waals surface area contributed by atoms with Crippen molar-refractivity contribution >= 4 is 47.0 Å². The molecule has 0 aliphatic rings. The van der Waals surface area contributed by atoms with E-state index in [1.165, 1.54) is 19.2 Å². The molecule has 0 bridgehead atoms. The first-order valence-electron chi connectivity index (χ1n) is 9.83. The van der Waals surface area contributed by atoms with Crippen molar-refractivity contribution in [3.05, 3.63) is 130 Å². The summed E-state index contributed by atoms with van der Waals surface area (Å²) >= 11 is -1.54. The van der Waals surface area contributed by atoms with Gasteiger partial charge < -0.3 is 0 Å². The first-order chi connectivity index (χ1) is 14.4. The van der Waals surface area contributed by atoms with Crippen molar-refractivity contribution in [2.24, 2.45) is 0 Å². The molecule has 2 heteroatoms. The van der Waals surface area contributed by atoms with Crippen LogP contribution in [0, 0.1) is 0 Å². The molecule has 4 rings (SSSR count). The van der Waals surface area contributed by atoms with Crippen LogP contribution in [0.4, 0.5) is 0 Å². The zero-order valence-corrected chi connectivity index (χ0v) is 20.2. The van der Waals surface area contributed by atoms with Crippen LogP contribution in [0.1, 0.15) is 5.56 Å². The second-order valence-electron chi connectivity index (χ2n) is 6.97. The molecule has 0 atom stereocenters. The van der Waals surface area contributed by atoms with E-state index < -0.39 is 18.4 Å². The van der Waals surface area contributed by atoms with Crippen LogP contribution in [-0.4, -0.2) is 24.6 Å². The Bertz CT molecular complexity index is 962. The van der Waals surface area contributed by atoms with Crippen molar-refractivity contribution in [1.82, 2.24) is 0 Å². The van der Waals surface area contributed by atoms with E-state index in [-0.39, 0.29) is 0 Å². The summed E-state index contributed by atoms with van der Waals surface area (Å²) in [6.07, 6.45) is 4.66. The fourth-order valence-corrected chi connectivity index (χ4v) is 21.9. The SMILES string of the molecule is CS/[C](=C\c1ccccc1)[Sn]([c]1ccccc1)([c]1ccccc1)[c]1ccccc1. The Morgan fingerprint density at radius 3 is 1.24 bits per heavy atom. The summed E-state index contributed by atoms with van der Waals surface area (Å²) in [6, 6.07) is 44.2. The van der Waals surface area contributed by atoms with E-state index in [9.17, 15) is 0 Å². The molecule has 0 heterocycles. The molecule has 0 fully saturated rings. The fourth-order valence-electron chi connectivity index (χ4n) is 4.01. The Labute approximate surface area is 182 Å². The molecular weight excluding hydrogens is 475 g/mol. The van der Waals surface area contributed by atoms with Gasteiger partial charge in [-0.3, -0.25) is 0 Å². The first kappa shape index (κ1) is 20.1. The van der Waals surface area contributed by atoms with Crippen molar-refractivity contribution in [2.75, 3.05) is 6.26 Å². The Hall–Kier alpha value is -2.23. The Kier molecular flexibility index (Phi) is 6.58. The number of hydrogen-bond donors (Lipinski definition) is 0. The van der Waals surface area contributed by atoms with Crippen molar-refractivity contribution in [3.8, 4) is 0 Å². The normalized spacial score (nSPS) is 12.0. The number of hydrogen-bond acceptors (Lipinski definition) is 1. The molecule has 29 heavy (non-hydrogen) atoms. The van der Waals surface area contributed by atoms with E-state index in [1.54, 1.807) is 0 Å². The molecule has 0 aliphatic heterocycles. The fraction of sp³-hybridized carbons (Fsp3) is 0.0370. The van der Waals surface area contributed by atoms with Gasteiger partial charge in [0.15, 0.2) is 0 Å². The first-order valence-corrected chi connectivity index (χ1v) is 16.8. The standard InChI is InChI=1S/C9H9S.3C6H5.Sn/c1-10-8-7-9-5-3-2-4-6-9;3*1-2-4-6-5-3-1;/h2-7H,1H3;3*1-5H;. The molecular formula is C27H24SSn. The summed E-state index contributed by atoms with van der Waals surface area (Å²) in [5.74, 6) is 0. The monoisotopic (exact) mass is 500 g/mol. The van der Waals surface area contributed by atoms with Gasteiger partial charge in [-0.2, -0.15) is 0 Å². The maximum atomic E-state index is 2.42. The van der Waals surface area contributed by atoms with E-state index in [0.717, 1.165) is 0 Å². The van der Waals surface area contributed by atoms with Crippen LogP contribution in [0.25, 0.3) is 6.08 Å². The van der Waals surface area contributed by atoms with Gasteiger partial charge in [0.2, 0.25) is 0 Å². The average Bonchev–Trinajstić information content (AvgIpc) is 2.82. The minimum atomic E-state index is -3.45. The van der Waals surface area contributed by atoms with E-state index >= 15 is 0 Å². The summed E-state index contributed by atoms with van der Waals surface area (Å²) in [5.41, 5.74) is 1.26. The second-order valence-corrected chi connectivity index (χ2v) is 19.6. The zero-order chi connectivity index (χ0) is 19.9. The summed E-state index contributed by atoms with van der Waals surface area (Å²) in [4.78, 5) is 0. The molecule has 0 nitrogen and oxygen atoms in total. The number of rotatable bonds is 6. The van der Waals surface area contributed by atoms with Gasteiger partial charge in [0.25, 0.3) is 0 Å². The third kappa shape index (κ3) is 4.08. The van der Waals surface area contributed by atoms with Crippen LogP contribution in [0.3, 0.4) is 0 Å². The maximum absolute atomic E-state index is 3.45. The molecule has 0 saturated heterocycles.